The van der Waals surface area contributed by atoms with Gasteiger partial charge in [0.2, 0.25) is 5.91 Å². The number of hydrogen-bond acceptors (Lipinski definition) is 4. The predicted molar refractivity (Wildman–Crippen MR) is 100 cm³/mol. The minimum atomic E-state index is -0.557. The molecule has 1 heterocycles. The minimum Gasteiger partial charge on any atom is -0.444 e. The van der Waals surface area contributed by atoms with Gasteiger partial charge in [0, 0.05) is 24.7 Å². The van der Waals surface area contributed by atoms with Crippen molar-refractivity contribution >= 4 is 27.9 Å². The Kier molecular flexibility index (Phi) is 8.38. The van der Waals surface area contributed by atoms with Gasteiger partial charge < -0.3 is 15.2 Å². The van der Waals surface area contributed by atoms with Crippen LogP contribution < -0.4 is 5.32 Å². The van der Waals surface area contributed by atoms with E-state index in [0.717, 1.165) is 23.6 Å². The lowest BCUT2D eigenvalue weighted by Gasteiger charge is -2.28. The zero-order valence-electron chi connectivity index (χ0n) is 15.2. The third-order valence-corrected chi connectivity index (χ3v) is 4.09. The van der Waals surface area contributed by atoms with Crippen LogP contribution in [0.15, 0.2) is 28.7 Å². The number of halogens is 1. The average Bonchev–Trinajstić information content (AvgIpc) is 3.04. The second-order valence-corrected chi connectivity index (χ2v) is 7.59. The van der Waals surface area contributed by atoms with Crippen molar-refractivity contribution in [2.24, 2.45) is 0 Å². The number of rotatable bonds is 3. The van der Waals surface area contributed by atoms with Crippen molar-refractivity contribution in [1.29, 1.82) is 0 Å². The van der Waals surface area contributed by atoms with E-state index in [0.29, 0.717) is 19.5 Å². The van der Waals surface area contributed by atoms with Crippen LogP contribution in [0.4, 0.5) is 4.79 Å². The zero-order chi connectivity index (χ0) is 19.0. The molecule has 0 aromatic heterocycles. The molecule has 1 saturated heterocycles. The van der Waals surface area contributed by atoms with Crippen LogP contribution in [0.25, 0.3) is 0 Å². The number of nitrogens with zero attached hydrogens (tertiary/aromatic N) is 1. The Labute approximate surface area is 157 Å². The van der Waals surface area contributed by atoms with Gasteiger partial charge in [0.15, 0.2) is 0 Å². The highest BCUT2D eigenvalue weighted by atomic mass is 79.9. The number of nitrogens with one attached hydrogen (secondary N) is 1. The van der Waals surface area contributed by atoms with Crippen molar-refractivity contribution < 1.29 is 19.4 Å². The van der Waals surface area contributed by atoms with Gasteiger partial charge in [0.05, 0.1) is 0 Å². The molecule has 6 nitrogen and oxygen atoms in total. The van der Waals surface area contributed by atoms with Crippen LogP contribution >= 0.6 is 15.9 Å². The largest absolute Gasteiger partial charge is 0.444 e. The van der Waals surface area contributed by atoms with E-state index in [9.17, 15) is 9.59 Å². The number of carbonyl (C=O) groups is 2. The van der Waals surface area contributed by atoms with Crippen LogP contribution in [-0.2, 0) is 16.1 Å². The fourth-order valence-corrected chi connectivity index (χ4v) is 2.75. The first-order valence-corrected chi connectivity index (χ1v) is 9.02. The van der Waals surface area contributed by atoms with Gasteiger partial charge in [-0.25, -0.2) is 4.79 Å². The van der Waals surface area contributed by atoms with Crippen LogP contribution in [0.5, 0.6) is 0 Å². The summed E-state index contributed by atoms with van der Waals surface area (Å²) in [6.07, 6.45) is 1.07. The Morgan fingerprint density at radius 1 is 1.28 bits per heavy atom. The molecule has 0 bridgehead atoms. The molecule has 1 unspecified atom stereocenters. The van der Waals surface area contributed by atoms with Gasteiger partial charge in [-0.15, -0.1) is 0 Å². The van der Waals surface area contributed by atoms with Crippen LogP contribution in [0.3, 0.4) is 0 Å². The second kappa shape index (κ2) is 9.77. The molecule has 0 spiro atoms. The lowest BCUT2D eigenvalue weighted by Crippen LogP contribution is -2.47. The topological polar surface area (TPSA) is 78.9 Å². The quantitative estimate of drug-likeness (QED) is 0.796. The molecule has 1 fully saturated rings. The molecule has 0 aliphatic carbocycles. The van der Waals surface area contributed by atoms with E-state index in [1.807, 2.05) is 45.0 Å². The number of aliphatic hydroxyl groups is 1. The number of aliphatic hydroxyl groups excluding tert-OH is 1. The van der Waals surface area contributed by atoms with E-state index in [-0.39, 0.29) is 5.91 Å². The van der Waals surface area contributed by atoms with Crippen molar-refractivity contribution in [2.45, 2.75) is 51.8 Å². The Morgan fingerprint density at radius 2 is 1.88 bits per heavy atom. The molecule has 140 valence electrons. The SMILES string of the molecule is CC(C)(C)OC(=O)N1CCCC1C(=O)NCc1ccc(Br)cc1.CO. The molecule has 25 heavy (non-hydrogen) atoms. The molecule has 2 N–H and O–H groups in total. The third-order valence-electron chi connectivity index (χ3n) is 3.56. The standard InChI is InChI=1S/C17H23BrN2O3.CH4O/c1-17(2,3)23-16(22)20-10-4-5-14(20)15(21)19-11-12-6-8-13(18)9-7-12;1-2/h6-9,14H,4-5,10-11H2,1-3H3,(H,19,21);2H,1H3. The number of amides is 2. The Morgan fingerprint density at radius 3 is 2.44 bits per heavy atom. The Balaban J connectivity index is 0.00000151. The highest BCUT2D eigenvalue weighted by molar-refractivity contribution is 9.10. The third kappa shape index (κ3) is 7.04. The predicted octanol–water partition coefficient (Wildman–Crippen LogP) is 3.07. The smallest absolute Gasteiger partial charge is 0.410 e. The maximum atomic E-state index is 12.4. The minimum absolute atomic E-state index is 0.128. The average molecular weight is 415 g/mol. The first-order chi connectivity index (χ1) is 11.8. The first kappa shape index (κ1) is 21.4. The maximum Gasteiger partial charge on any atom is 0.410 e. The number of carbonyl (C=O) groups excluding carboxylic acids is 2. The summed E-state index contributed by atoms with van der Waals surface area (Å²) in [5, 5.41) is 9.90. The highest BCUT2D eigenvalue weighted by Crippen LogP contribution is 2.21. The van der Waals surface area contributed by atoms with Gasteiger partial charge in [-0.05, 0) is 51.3 Å². The van der Waals surface area contributed by atoms with E-state index < -0.39 is 17.7 Å². The van der Waals surface area contributed by atoms with Crippen LogP contribution in [0.2, 0.25) is 0 Å². The second-order valence-electron chi connectivity index (χ2n) is 6.68. The summed E-state index contributed by atoms with van der Waals surface area (Å²) in [5.74, 6) is -0.128. The maximum absolute atomic E-state index is 12.4. The summed E-state index contributed by atoms with van der Waals surface area (Å²) >= 11 is 3.38. The normalized spacial score (nSPS) is 16.7. The number of hydrogen-bond donors (Lipinski definition) is 2. The lowest BCUT2D eigenvalue weighted by molar-refractivity contribution is -0.125. The van der Waals surface area contributed by atoms with Crippen molar-refractivity contribution in [3.05, 3.63) is 34.3 Å². The zero-order valence-corrected chi connectivity index (χ0v) is 16.8. The monoisotopic (exact) mass is 414 g/mol. The van der Waals surface area contributed by atoms with Gasteiger partial charge in [0.1, 0.15) is 11.6 Å². The van der Waals surface area contributed by atoms with Gasteiger partial charge in [-0.1, -0.05) is 28.1 Å². The van der Waals surface area contributed by atoms with E-state index >= 15 is 0 Å². The van der Waals surface area contributed by atoms with Gasteiger partial charge in [0.25, 0.3) is 0 Å². The molecule has 2 amide bonds. The molecular weight excluding hydrogens is 388 g/mol. The molecule has 0 saturated carbocycles. The molecule has 1 aromatic carbocycles. The molecule has 1 aromatic rings. The lowest BCUT2D eigenvalue weighted by atomic mass is 10.2. The summed E-state index contributed by atoms with van der Waals surface area (Å²) in [6, 6.07) is 7.32. The highest BCUT2D eigenvalue weighted by Gasteiger charge is 2.36. The molecule has 2 rings (SSSR count). The molecule has 0 radical (unpaired) electrons. The van der Waals surface area contributed by atoms with E-state index in [4.69, 9.17) is 9.84 Å². The molecule has 1 atom stereocenters. The van der Waals surface area contributed by atoms with Crippen molar-refractivity contribution in [2.75, 3.05) is 13.7 Å². The van der Waals surface area contributed by atoms with Crippen LogP contribution in [-0.4, -0.2) is 47.3 Å². The van der Waals surface area contributed by atoms with Crippen LogP contribution in [0, 0.1) is 0 Å². The van der Waals surface area contributed by atoms with Crippen molar-refractivity contribution in [1.82, 2.24) is 10.2 Å². The van der Waals surface area contributed by atoms with Crippen molar-refractivity contribution in [3.63, 3.8) is 0 Å². The fraction of sp³-hybridized carbons (Fsp3) is 0.556. The first-order valence-electron chi connectivity index (χ1n) is 8.23. The Hall–Kier alpha value is -1.60. The number of ether oxygens (including phenoxy) is 1. The van der Waals surface area contributed by atoms with E-state index in [2.05, 4.69) is 21.2 Å². The van der Waals surface area contributed by atoms with Gasteiger partial charge in [-0.3, -0.25) is 9.69 Å². The van der Waals surface area contributed by atoms with E-state index in [1.165, 1.54) is 4.90 Å². The molecule has 1 aliphatic heterocycles. The fourth-order valence-electron chi connectivity index (χ4n) is 2.49. The summed E-state index contributed by atoms with van der Waals surface area (Å²) in [7, 11) is 1.00. The summed E-state index contributed by atoms with van der Waals surface area (Å²) in [4.78, 5) is 26.1. The summed E-state index contributed by atoms with van der Waals surface area (Å²) in [6.45, 7) is 6.48. The summed E-state index contributed by atoms with van der Waals surface area (Å²) in [5.41, 5.74) is 0.460. The molecular formula is C18H27BrN2O4. The number of benzene rings is 1. The molecule has 1 aliphatic rings. The summed E-state index contributed by atoms with van der Waals surface area (Å²) < 4.78 is 6.38. The van der Waals surface area contributed by atoms with Crippen molar-refractivity contribution in [3.8, 4) is 0 Å². The molecule has 7 heteroatoms. The van der Waals surface area contributed by atoms with E-state index in [1.54, 1.807) is 0 Å². The van der Waals surface area contributed by atoms with Gasteiger partial charge >= 0.3 is 6.09 Å². The van der Waals surface area contributed by atoms with Crippen LogP contribution in [0.1, 0.15) is 39.2 Å². The number of likely N-dealkylation sites (tertiary alicyclic amines) is 1. The Bertz CT molecular complexity index is 569. The van der Waals surface area contributed by atoms with Gasteiger partial charge in [-0.2, -0.15) is 0 Å².